The second kappa shape index (κ2) is 6.29. The van der Waals surface area contributed by atoms with Gasteiger partial charge < -0.3 is 5.32 Å². The minimum Gasteiger partial charge on any atom is -0.344 e. The van der Waals surface area contributed by atoms with Crippen molar-refractivity contribution in [2.75, 3.05) is 26.2 Å². The molecule has 4 heteroatoms. The summed E-state index contributed by atoms with van der Waals surface area (Å²) in [4.78, 5) is 24.7. The van der Waals surface area contributed by atoms with Crippen LogP contribution in [-0.2, 0) is 9.59 Å². The highest BCUT2D eigenvalue weighted by molar-refractivity contribution is 5.79. The first kappa shape index (κ1) is 12.7. The summed E-state index contributed by atoms with van der Waals surface area (Å²) in [5, 5.41) is 2.62. The predicted molar refractivity (Wildman–Crippen MR) is 61.7 cm³/mol. The van der Waals surface area contributed by atoms with Gasteiger partial charge >= 0.3 is 0 Å². The number of nitrogens with zero attached hydrogens (tertiary/aromatic N) is 1. The first-order chi connectivity index (χ1) is 7.63. The van der Waals surface area contributed by atoms with Gasteiger partial charge in [-0.15, -0.1) is 6.42 Å². The van der Waals surface area contributed by atoms with E-state index >= 15 is 0 Å². The molecule has 1 amide bonds. The molecule has 1 saturated heterocycles. The zero-order valence-corrected chi connectivity index (χ0v) is 9.66. The van der Waals surface area contributed by atoms with Crippen molar-refractivity contribution in [3.63, 3.8) is 0 Å². The van der Waals surface area contributed by atoms with Crippen molar-refractivity contribution in [1.82, 2.24) is 10.2 Å². The third-order valence-electron chi connectivity index (χ3n) is 2.84. The van der Waals surface area contributed by atoms with Gasteiger partial charge in [-0.3, -0.25) is 14.5 Å². The largest absolute Gasteiger partial charge is 0.344 e. The van der Waals surface area contributed by atoms with Crippen LogP contribution >= 0.6 is 0 Å². The number of ketones is 1. The van der Waals surface area contributed by atoms with Gasteiger partial charge in [-0.2, -0.15) is 0 Å². The van der Waals surface area contributed by atoms with E-state index in [1.54, 1.807) is 6.92 Å². The van der Waals surface area contributed by atoms with Gasteiger partial charge in [-0.25, -0.2) is 0 Å². The molecule has 0 aromatic heterocycles. The Morgan fingerprint density at radius 1 is 1.56 bits per heavy atom. The molecule has 1 N–H and O–H groups in total. The first-order valence-corrected chi connectivity index (χ1v) is 5.56. The van der Waals surface area contributed by atoms with Crippen molar-refractivity contribution >= 4 is 11.7 Å². The number of terminal acetylenes is 1. The minimum absolute atomic E-state index is 0.0675. The summed E-state index contributed by atoms with van der Waals surface area (Å²) in [6, 6.07) is 0. The molecule has 1 unspecified atom stereocenters. The molecule has 1 atom stereocenters. The van der Waals surface area contributed by atoms with Crippen LogP contribution in [0.25, 0.3) is 0 Å². The molecule has 1 rings (SSSR count). The molecule has 0 saturated carbocycles. The molecule has 1 aliphatic heterocycles. The molecule has 0 radical (unpaired) electrons. The van der Waals surface area contributed by atoms with Gasteiger partial charge in [0.15, 0.2) is 0 Å². The van der Waals surface area contributed by atoms with E-state index in [0.29, 0.717) is 13.1 Å². The normalized spacial score (nSPS) is 21.1. The Kier molecular flexibility index (Phi) is 5.00. The highest BCUT2D eigenvalue weighted by atomic mass is 16.2. The number of likely N-dealkylation sites (tertiary alicyclic amines) is 1. The Hall–Kier alpha value is -1.34. The summed E-state index contributed by atoms with van der Waals surface area (Å²) in [6.45, 7) is 3.80. The van der Waals surface area contributed by atoms with Gasteiger partial charge in [-0.1, -0.05) is 5.92 Å². The monoisotopic (exact) mass is 222 g/mol. The molecule has 0 spiro atoms. The molecular formula is C12H18N2O2. The fourth-order valence-corrected chi connectivity index (χ4v) is 1.94. The number of amides is 1. The molecule has 88 valence electrons. The molecule has 16 heavy (non-hydrogen) atoms. The maximum atomic E-state index is 11.4. The Morgan fingerprint density at radius 2 is 2.31 bits per heavy atom. The smallest absolute Gasteiger partial charge is 0.234 e. The van der Waals surface area contributed by atoms with Gasteiger partial charge in [-0.05, 0) is 26.3 Å². The molecule has 1 fully saturated rings. The van der Waals surface area contributed by atoms with Crippen molar-refractivity contribution in [3.05, 3.63) is 0 Å². The lowest BCUT2D eigenvalue weighted by Crippen LogP contribution is -2.44. The molecule has 0 bridgehead atoms. The number of piperidine rings is 1. The molecule has 4 nitrogen and oxygen atoms in total. The van der Waals surface area contributed by atoms with E-state index in [1.807, 2.05) is 4.90 Å². The summed E-state index contributed by atoms with van der Waals surface area (Å²) in [7, 11) is 0. The van der Waals surface area contributed by atoms with Crippen LogP contribution in [-0.4, -0.2) is 42.8 Å². The molecule has 1 heterocycles. The predicted octanol–water partition coefficient (Wildman–Crippen LogP) is 0.0368. The average molecular weight is 222 g/mol. The molecule has 0 aliphatic carbocycles. The zero-order valence-electron chi connectivity index (χ0n) is 9.66. The van der Waals surface area contributed by atoms with Crippen molar-refractivity contribution in [3.8, 4) is 12.3 Å². The quantitative estimate of drug-likeness (QED) is 0.683. The van der Waals surface area contributed by atoms with E-state index in [4.69, 9.17) is 6.42 Å². The number of rotatable bonds is 4. The first-order valence-electron chi connectivity index (χ1n) is 5.56. The number of Topliss-reactive ketones (excluding diaryl/α,β-unsaturated/α-hetero) is 1. The number of hydrogen-bond acceptors (Lipinski definition) is 3. The molecule has 0 aromatic rings. The standard InChI is InChI=1S/C12H18N2O2/c1-3-6-13-12(16)9-14-7-4-5-11(8-14)10(2)15/h1,11H,4-9H2,2H3,(H,13,16). The van der Waals surface area contributed by atoms with Gasteiger partial charge in [0.1, 0.15) is 5.78 Å². The van der Waals surface area contributed by atoms with E-state index in [0.717, 1.165) is 19.4 Å². The number of carbonyl (C=O) groups is 2. The average Bonchev–Trinajstić information content (AvgIpc) is 2.26. The lowest BCUT2D eigenvalue weighted by molar-refractivity contribution is -0.126. The minimum atomic E-state index is -0.0675. The van der Waals surface area contributed by atoms with Gasteiger partial charge in [0, 0.05) is 12.5 Å². The number of nitrogens with one attached hydrogen (secondary N) is 1. The van der Waals surface area contributed by atoms with Crippen molar-refractivity contribution in [2.24, 2.45) is 5.92 Å². The maximum Gasteiger partial charge on any atom is 0.234 e. The molecular weight excluding hydrogens is 204 g/mol. The number of hydrogen-bond donors (Lipinski definition) is 1. The summed E-state index contributed by atoms with van der Waals surface area (Å²) >= 11 is 0. The second-order valence-electron chi connectivity index (χ2n) is 4.17. The highest BCUT2D eigenvalue weighted by Crippen LogP contribution is 2.16. The SMILES string of the molecule is C#CCNC(=O)CN1CCCC(C(C)=O)C1. The van der Waals surface area contributed by atoms with Crippen molar-refractivity contribution < 1.29 is 9.59 Å². The Morgan fingerprint density at radius 3 is 2.94 bits per heavy atom. The third-order valence-corrected chi connectivity index (χ3v) is 2.84. The fraction of sp³-hybridized carbons (Fsp3) is 0.667. The van der Waals surface area contributed by atoms with Crippen LogP contribution in [0.5, 0.6) is 0 Å². The van der Waals surface area contributed by atoms with Crippen LogP contribution < -0.4 is 5.32 Å². The van der Waals surface area contributed by atoms with Gasteiger partial charge in [0.2, 0.25) is 5.91 Å². The Labute approximate surface area is 96.4 Å². The van der Waals surface area contributed by atoms with Crippen LogP contribution in [0.15, 0.2) is 0 Å². The van der Waals surface area contributed by atoms with Crippen LogP contribution in [0.1, 0.15) is 19.8 Å². The Bertz CT molecular complexity index is 307. The van der Waals surface area contributed by atoms with Crippen LogP contribution in [0.2, 0.25) is 0 Å². The van der Waals surface area contributed by atoms with Gasteiger partial charge in [0.05, 0.1) is 13.1 Å². The molecule has 0 aromatic carbocycles. The van der Waals surface area contributed by atoms with Crippen LogP contribution in [0.3, 0.4) is 0 Å². The Balaban J connectivity index is 2.34. The second-order valence-corrected chi connectivity index (χ2v) is 4.17. The van der Waals surface area contributed by atoms with Crippen molar-refractivity contribution in [1.29, 1.82) is 0 Å². The maximum absolute atomic E-state index is 11.4. The van der Waals surface area contributed by atoms with E-state index in [9.17, 15) is 9.59 Å². The van der Waals surface area contributed by atoms with Gasteiger partial charge in [0.25, 0.3) is 0 Å². The van der Waals surface area contributed by atoms with E-state index in [1.165, 1.54) is 0 Å². The topological polar surface area (TPSA) is 49.4 Å². The summed E-state index contributed by atoms with van der Waals surface area (Å²) in [5.74, 6) is 2.60. The zero-order chi connectivity index (χ0) is 12.0. The lowest BCUT2D eigenvalue weighted by atomic mass is 9.95. The summed E-state index contributed by atoms with van der Waals surface area (Å²) < 4.78 is 0. The third kappa shape index (κ3) is 4.03. The molecule has 1 aliphatic rings. The lowest BCUT2D eigenvalue weighted by Gasteiger charge is -2.30. The van der Waals surface area contributed by atoms with E-state index in [-0.39, 0.29) is 24.2 Å². The number of carbonyl (C=O) groups excluding carboxylic acids is 2. The van der Waals surface area contributed by atoms with Crippen molar-refractivity contribution in [2.45, 2.75) is 19.8 Å². The van der Waals surface area contributed by atoms with E-state index < -0.39 is 0 Å². The fourth-order valence-electron chi connectivity index (χ4n) is 1.94. The van der Waals surface area contributed by atoms with Crippen LogP contribution in [0.4, 0.5) is 0 Å². The van der Waals surface area contributed by atoms with Crippen LogP contribution in [0, 0.1) is 18.3 Å². The highest BCUT2D eigenvalue weighted by Gasteiger charge is 2.24. The summed E-state index contributed by atoms with van der Waals surface area (Å²) in [6.07, 6.45) is 6.97. The summed E-state index contributed by atoms with van der Waals surface area (Å²) in [5.41, 5.74) is 0. The van der Waals surface area contributed by atoms with E-state index in [2.05, 4.69) is 11.2 Å².